The molecule has 0 bridgehead atoms. The first-order valence-corrected chi connectivity index (χ1v) is 5.29. The van der Waals surface area contributed by atoms with Gasteiger partial charge in [-0.25, -0.2) is 0 Å². The van der Waals surface area contributed by atoms with Crippen molar-refractivity contribution in [2.75, 3.05) is 6.54 Å². The molecule has 1 aliphatic heterocycles. The molecule has 0 aromatic carbocycles. The molecule has 82 valence electrons. The summed E-state index contributed by atoms with van der Waals surface area (Å²) >= 11 is 0. The van der Waals surface area contributed by atoms with Crippen LogP contribution >= 0.6 is 0 Å². The van der Waals surface area contributed by atoms with Gasteiger partial charge in [0.05, 0.1) is 6.20 Å². The van der Waals surface area contributed by atoms with Crippen LogP contribution in [0.5, 0.6) is 0 Å². The van der Waals surface area contributed by atoms with Gasteiger partial charge in [0.2, 0.25) is 5.91 Å². The number of aryl methyl sites for hydroxylation is 1. The number of hydrogen-bond donors (Lipinski definition) is 2. The van der Waals surface area contributed by atoms with E-state index in [1.54, 1.807) is 0 Å². The van der Waals surface area contributed by atoms with E-state index in [9.17, 15) is 4.79 Å². The number of carbonyl (C=O) groups excluding carboxylic acids is 1. The van der Waals surface area contributed by atoms with E-state index in [1.165, 1.54) is 0 Å². The molecule has 15 heavy (non-hydrogen) atoms. The van der Waals surface area contributed by atoms with Crippen LogP contribution in [0, 0.1) is 0 Å². The average Bonchev–Trinajstić information content (AvgIpc) is 2.83. The second-order valence-electron chi connectivity index (χ2n) is 3.79. The number of rotatable bonds is 4. The Morgan fingerprint density at radius 3 is 3.20 bits per heavy atom. The van der Waals surface area contributed by atoms with Crippen LogP contribution in [0.3, 0.4) is 0 Å². The van der Waals surface area contributed by atoms with Gasteiger partial charge in [-0.15, -0.1) is 0 Å². The molecule has 2 N–H and O–H groups in total. The van der Waals surface area contributed by atoms with Gasteiger partial charge in [0.25, 0.3) is 0 Å². The van der Waals surface area contributed by atoms with Crippen LogP contribution < -0.4 is 10.6 Å². The minimum atomic E-state index is 0.136. The zero-order valence-electron chi connectivity index (χ0n) is 8.86. The van der Waals surface area contributed by atoms with Crippen LogP contribution in [-0.4, -0.2) is 28.3 Å². The lowest BCUT2D eigenvalue weighted by molar-refractivity contribution is -0.119. The van der Waals surface area contributed by atoms with Crippen molar-refractivity contribution in [1.29, 1.82) is 0 Å². The molecule has 1 aromatic rings. The highest BCUT2D eigenvalue weighted by Gasteiger charge is 2.20. The molecule has 1 aliphatic rings. The molecule has 2 rings (SSSR count). The van der Waals surface area contributed by atoms with E-state index < -0.39 is 0 Å². The number of amides is 1. The Morgan fingerprint density at radius 1 is 1.73 bits per heavy atom. The third kappa shape index (κ3) is 2.56. The molecule has 1 unspecified atom stereocenters. The molecular weight excluding hydrogens is 192 g/mol. The molecule has 2 heterocycles. The van der Waals surface area contributed by atoms with E-state index in [0.29, 0.717) is 6.42 Å². The molecule has 0 radical (unpaired) electrons. The largest absolute Gasteiger partial charge is 0.354 e. The van der Waals surface area contributed by atoms with Crippen LogP contribution in [0.2, 0.25) is 0 Å². The SMILES string of the molecule is CCn1cc(CNC2CNC(=O)C2)cn1. The van der Waals surface area contributed by atoms with E-state index in [4.69, 9.17) is 0 Å². The predicted octanol–water partition coefficient (Wildman–Crippen LogP) is -0.119. The fourth-order valence-corrected chi connectivity index (χ4v) is 1.68. The molecule has 0 aliphatic carbocycles. The van der Waals surface area contributed by atoms with Crippen LogP contribution in [0.1, 0.15) is 18.9 Å². The molecule has 5 nitrogen and oxygen atoms in total. The summed E-state index contributed by atoms with van der Waals surface area (Å²) < 4.78 is 1.90. The van der Waals surface area contributed by atoms with Crippen molar-refractivity contribution >= 4 is 5.91 Å². The molecule has 0 saturated carbocycles. The zero-order valence-corrected chi connectivity index (χ0v) is 8.86. The fraction of sp³-hybridized carbons (Fsp3) is 0.600. The summed E-state index contributed by atoms with van der Waals surface area (Å²) in [5, 5.41) is 10.3. The van der Waals surface area contributed by atoms with Crippen LogP contribution in [0.25, 0.3) is 0 Å². The summed E-state index contributed by atoms with van der Waals surface area (Å²) in [5.74, 6) is 0.136. The maximum absolute atomic E-state index is 10.9. The van der Waals surface area contributed by atoms with Crippen molar-refractivity contribution in [1.82, 2.24) is 20.4 Å². The van der Waals surface area contributed by atoms with Gasteiger partial charge in [-0.05, 0) is 6.92 Å². The third-order valence-electron chi connectivity index (χ3n) is 2.58. The van der Waals surface area contributed by atoms with Gasteiger partial charge in [-0.1, -0.05) is 0 Å². The fourth-order valence-electron chi connectivity index (χ4n) is 1.68. The molecule has 1 saturated heterocycles. The number of nitrogens with zero attached hydrogens (tertiary/aromatic N) is 2. The predicted molar refractivity (Wildman–Crippen MR) is 56.2 cm³/mol. The molecular formula is C10H16N4O. The summed E-state index contributed by atoms with van der Waals surface area (Å²) in [4.78, 5) is 10.9. The lowest BCUT2D eigenvalue weighted by Gasteiger charge is -2.08. The summed E-state index contributed by atoms with van der Waals surface area (Å²) in [6, 6.07) is 0.266. The molecule has 1 amide bonds. The smallest absolute Gasteiger partial charge is 0.221 e. The number of carbonyl (C=O) groups is 1. The van der Waals surface area contributed by atoms with E-state index in [1.807, 2.05) is 17.1 Å². The van der Waals surface area contributed by atoms with Crippen molar-refractivity contribution in [2.45, 2.75) is 32.5 Å². The molecule has 1 atom stereocenters. The van der Waals surface area contributed by atoms with Gasteiger partial charge >= 0.3 is 0 Å². The van der Waals surface area contributed by atoms with E-state index in [0.717, 1.165) is 25.2 Å². The van der Waals surface area contributed by atoms with E-state index >= 15 is 0 Å². The number of nitrogens with one attached hydrogen (secondary N) is 2. The van der Waals surface area contributed by atoms with Gasteiger partial charge in [-0.3, -0.25) is 9.48 Å². The highest BCUT2D eigenvalue weighted by atomic mass is 16.1. The normalized spacial score (nSPS) is 20.6. The number of hydrogen-bond acceptors (Lipinski definition) is 3. The second kappa shape index (κ2) is 4.44. The standard InChI is InChI=1S/C10H16N4O/c1-2-14-7-8(5-13-14)4-11-9-3-10(15)12-6-9/h5,7,9,11H,2-4,6H2,1H3,(H,12,15). The van der Waals surface area contributed by atoms with Crippen molar-refractivity contribution < 1.29 is 4.79 Å². The minimum absolute atomic E-state index is 0.136. The maximum atomic E-state index is 10.9. The lowest BCUT2D eigenvalue weighted by atomic mass is 10.2. The Bertz CT molecular complexity index is 347. The lowest BCUT2D eigenvalue weighted by Crippen LogP contribution is -2.30. The summed E-state index contributed by atoms with van der Waals surface area (Å²) in [6.07, 6.45) is 4.47. The summed E-state index contributed by atoms with van der Waals surface area (Å²) in [6.45, 7) is 4.47. The quantitative estimate of drug-likeness (QED) is 0.725. The highest BCUT2D eigenvalue weighted by molar-refractivity contribution is 5.78. The van der Waals surface area contributed by atoms with Crippen molar-refractivity contribution in [3.05, 3.63) is 18.0 Å². The molecule has 0 spiro atoms. The van der Waals surface area contributed by atoms with Gasteiger partial charge < -0.3 is 10.6 Å². The van der Waals surface area contributed by atoms with Gasteiger partial charge in [-0.2, -0.15) is 5.10 Å². The zero-order chi connectivity index (χ0) is 10.7. The second-order valence-corrected chi connectivity index (χ2v) is 3.79. The Morgan fingerprint density at radius 2 is 2.60 bits per heavy atom. The molecule has 1 aromatic heterocycles. The van der Waals surface area contributed by atoms with Crippen molar-refractivity contribution in [3.63, 3.8) is 0 Å². The Labute approximate surface area is 88.8 Å². The Kier molecular flexibility index (Phi) is 3.01. The first-order chi connectivity index (χ1) is 7.28. The summed E-state index contributed by atoms with van der Waals surface area (Å²) in [7, 11) is 0. The first-order valence-electron chi connectivity index (χ1n) is 5.29. The van der Waals surface area contributed by atoms with E-state index in [2.05, 4.69) is 22.7 Å². The van der Waals surface area contributed by atoms with Gasteiger partial charge in [0.15, 0.2) is 0 Å². The highest BCUT2D eigenvalue weighted by Crippen LogP contribution is 2.02. The van der Waals surface area contributed by atoms with Crippen LogP contribution in [0.15, 0.2) is 12.4 Å². The maximum Gasteiger partial charge on any atom is 0.221 e. The van der Waals surface area contributed by atoms with Crippen molar-refractivity contribution in [3.8, 4) is 0 Å². The van der Waals surface area contributed by atoms with Crippen LogP contribution in [0.4, 0.5) is 0 Å². The van der Waals surface area contributed by atoms with E-state index in [-0.39, 0.29) is 11.9 Å². The molecule has 5 heteroatoms. The Balaban J connectivity index is 1.80. The summed E-state index contributed by atoms with van der Waals surface area (Å²) in [5.41, 5.74) is 1.16. The van der Waals surface area contributed by atoms with Crippen LogP contribution in [-0.2, 0) is 17.9 Å². The van der Waals surface area contributed by atoms with Crippen molar-refractivity contribution in [2.24, 2.45) is 0 Å². The Hall–Kier alpha value is -1.36. The minimum Gasteiger partial charge on any atom is -0.354 e. The first kappa shape index (κ1) is 10.2. The average molecular weight is 208 g/mol. The molecule has 1 fully saturated rings. The monoisotopic (exact) mass is 208 g/mol. The third-order valence-corrected chi connectivity index (χ3v) is 2.58. The van der Waals surface area contributed by atoms with Gasteiger partial charge in [0.1, 0.15) is 0 Å². The number of aromatic nitrogens is 2. The topological polar surface area (TPSA) is 59.0 Å². The van der Waals surface area contributed by atoms with Gasteiger partial charge in [0, 0.05) is 43.9 Å².